The molecule has 2 aromatic carbocycles. The zero-order valence-corrected chi connectivity index (χ0v) is 19.3. The lowest BCUT2D eigenvalue weighted by Crippen LogP contribution is -2.56. The minimum Gasteiger partial charge on any atom is -0.394 e. The van der Waals surface area contributed by atoms with Crippen molar-refractivity contribution in [2.75, 3.05) is 19.8 Å². The van der Waals surface area contributed by atoms with Crippen LogP contribution >= 0.6 is 0 Å². The minimum absolute atomic E-state index is 0.183. The molecule has 6 atom stereocenters. The smallest absolute Gasteiger partial charge is 0.251 e. The quantitative estimate of drug-likeness (QED) is 0.362. The molecule has 0 aromatic heterocycles. The van der Waals surface area contributed by atoms with Crippen molar-refractivity contribution < 1.29 is 39.1 Å². The molecule has 35 heavy (non-hydrogen) atoms. The van der Waals surface area contributed by atoms with Crippen LogP contribution in [0.4, 0.5) is 0 Å². The lowest BCUT2D eigenvalue weighted by atomic mass is 9.85. The number of fused-ring (bicyclic) bond motifs is 1. The molecule has 2 amide bonds. The summed E-state index contributed by atoms with van der Waals surface area (Å²) in [7, 11) is 0. The average Bonchev–Trinajstić information content (AvgIpc) is 3.19. The van der Waals surface area contributed by atoms with Gasteiger partial charge in [0.15, 0.2) is 6.29 Å². The van der Waals surface area contributed by atoms with Gasteiger partial charge in [-0.05, 0) is 36.2 Å². The van der Waals surface area contributed by atoms with Gasteiger partial charge >= 0.3 is 0 Å². The Kier molecular flexibility index (Phi) is 7.50. The van der Waals surface area contributed by atoms with Crippen molar-refractivity contribution in [2.45, 2.75) is 49.7 Å². The molecule has 2 fully saturated rings. The average molecular weight is 487 g/mol. The molecular formula is C25H30N2O8. The number of aliphatic hydroxyl groups is 3. The van der Waals surface area contributed by atoms with Crippen molar-refractivity contribution in [3.63, 3.8) is 0 Å². The Balaban J connectivity index is 1.57. The fraction of sp³-hybridized carbons (Fsp3) is 0.440. The fourth-order valence-electron chi connectivity index (χ4n) is 4.41. The third-order valence-electron chi connectivity index (χ3n) is 6.32. The van der Waals surface area contributed by atoms with E-state index in [2.05, 4.69) is 5.32 Å². The van der Waals surface area contributed by atoms with E-state index in [-0.39, 0.29) is 12.5 Å². The Morgan fingerprint density at radius 2 is 1.71 bits per heavy atom. The molecule has 0 saturated carbocycles. The highest BCUT2D eigenvalue weighted by atomic mass is 16.7. The molecule has 2 aromatic rings. The monoisotopic (exact) mass is 486 g/mol. The third kappa shape index (κ3) is 4.94. The lowest BCUT2D eigenvalue weighted by Gasteiger charge is -2.41. The number of carbonyl (C=O) groups excluding carboxylic acids is 2. The number of rotatable bonds is 8. The second-order valence-corrected chi connectivity index (χ2v) is 8.79. The number of aliphatic hydroxyl groups excluding tert-OH is 2. The standard InChI is InChI=1S/C25H30N2O8/c1-2-11-27-23(31)16-7-3-14(4-8-16)20-25(32)13-33-24(17-9-5-15(6-10-17)22(26)30)35-21(25)19(34-20)18(29)12-28/h3-10,18-21,24,28-29,32H,2,11-13H2,1H3,(H2,26,30)(H,27,31)/t18?,19-,20?,21+,24?,25-/m1/s1. The van der Waals surface area contributed by atoms with E-state index in [1.807, 2.05) is 6.92 Å². The van der Waals surface area contributed by atoms with Gasteiger partial charge < -0.3 is 40.6 Å². The molecule has 0 bridgehead atoms. The van der Waals surface area contributed by atoms with Gasteiger partial charge in [-0.3, -0.25) is 9.59 Å². The van der Waals surface area contributed by atoms with Crippen LogP contribution in [0.25, 0.3) is 0 Å². The van der Waals surface area contributed by atoms with Crippen LogP contribution in [0.1, 0.15) is 57.6 Å². The number of primary amides is 1. The first kappa shape index (κ1) is 25.2. The highest BCUT2D eigenvalue weighted by Crippen LogP contribution is 2.49. The molecule has 0 spiro atoms. The molecule has 10 nitrogen and oxygen atoms in total. The Labute approximate surface area is 202 Å². The fourth-order valence-corrected chi connectivity index (χ4v) is 4.41. The molecule has 2 heterocycles. The van der Waals surface area contributed by atoms with Gasteiger partial charge in [0.25, 0.3) is 5.91 Å². The van der Waals surface area contributed by atoms with Crippen molar-refractivity contribution in [1.82, 2.24) is 5.32 Å². The van der Waals surface area contributed by atoms with E-state index in [4.69, 9.17) is 19.9 Å². The first-order chi connectivity index (χ1) is 16.8. The molecular weight excluding hydrogens is 456 g/mol. The molecule has 4 rings (SSSR count). The lowest BCUT2D eigenvalue weighted by molar-refractivity contribution is -0.292. The summed E-state index contributed by atoms with van der Waals surface area (Å²) >= 11 is 0. The van der Waals surface area contributed by atoms with Gasteiger partial charge in [0.05, 0.1) is 13.2 Å². The van der Waals surface area contributed by atoms with E-state index in [0.29, 0.717) is 28.8 Å². The zero-order chi connectivity index (χ0) is 25.2. The van der Waals surface area contributed by atoms with Crippen LogP contribution in [-0.4, -0.2) is 70.8 Å². The summed E-state index contributed by atoms with van der Waals surface area (Å²) < 4.78 is 17.9. The van der Waals surface area contributed by atoms with Crippen LogP contribution < -0.4 is 11.1 Å². The summed E-state index contributed by atoms with van der Waals surface area (Å²) in [5.74, 6) is -0.770. The Bertz CT molecular complexity index is 1040. The van der Waals surface area contributed by atoms with Gasteiger partial charge in [-0.25, -0.2) is 0 Å². The van der Waals surface area contributed by atoms with Crippen LogP contribution in [0.15, 0.2) is 48.5 Å². The summed E-state index contributed by atoms with van der Waals surface area (Å²) in [6.45, 7) is 1.75. The predicted octanol–water partition coefficient (Wildman–Crippen LogP) is 0.564. The number of benzene rings is 2. The Morgan fingerprint density at radius 1 is 1.09 bits per heavy atom. The van der Waals surface area contributed by atoms with Gasteiger partial charge in [0.2, 0.25) is 5.91 Å². The molecule has 0 aliphatic carbocycles. The minimum atomic E-state index is -1.67. The second kappa shape index (κ2) is 10.4. The first-order valence-electron chi connectivity index (χ1n) is 11.5. The summed E-state index contributed by atoms with van der Waals surface area (Å²) in [4.78, 5) is 23.6. The molecule has 10 heteroatoms. The van der Waals surface area contributed by atoms with Gasteiger partial charge in [0, 0.05) is 23.2 Å². The first-order valence-corrected chi connectivity index (χ1v) is 11.5. The van der Waals surface area contributed by atoms with Crippen LogP contribution in [0.2, 0.25) is 0 Å². The predicted molar refractivity (Wildman–Crippen MR) is 123 cm³/mol. The number of amides is 2. The summed E-state index contributed by atoms with van der Waals surface area (Å²) in [5, 5.41) is 34.4. The van der Waals surface area contributed by atoms with E-state index in [0.717, 1.165) is 6.42 Å². The molecule has 2 aliphatic heterocycles. The van der Waals surface area contributed by atoms with E-state index in [1.54, 1.807) is 36.4 Å². The number of ether oxygens (including phenoxy) is 3. The zero-order valence-electron chi connectivity index (χ0n) is 19.3. The summed E-state index contributed by atoms with van der Waals surface area (Å²) in [6.07, 6.45) is -4.41. The molecule has 6 N–H and O–H groups in total. The largest absolute Gasteiger partial charge is 0.394 e. The van der Waals surface area contributed by atoms with Gasteiger partial charge in [-0.15, -0.1) is 0 Å². The topological polar surface area (TPSA) is 161 Å². The maximum atomic E-state index is 12.2. The van der Waals surface area contributed by atoms with Crippen molar-refractivity contribution in [2.24, 2.45) is 5.73 Å². The maximum Gasteiger partial charge on any atom is 0.251 e. The molecule has 3 unspecified atom stereocenters. The SMILES string of the molecule is CCCNC(=O)c1ccc(C2O[C@H](C(O)CO)[C@@H]3OC(c4ccc(C(N)=O)cc4)OC[C@@]23O)cc1. The normalized spacial score (nSPS) is 28.8. The van der Waals surface area contributed by atoms with Gasteiger partial charge in [-0.1, -0.05) is 31.2 Å². The molecule has 2 aliphatic rings. The molecule has 2 saturated heterocycles. The van der Waals surface area contributed by atoms with Crippen LogP contribution in [-0.2, 0) is 14.2 Å². The summed E-state index contributed by atoms with van der Waals surface area (Å²) in [6, 6.07) is 12.9. The van der Waals surface area contributed by atoms with Crippen molar-refractivity contribution in [3.05, 3.63) is 70.8 Å². The van der Waals surface area contributed by atoms with Crippen molar-refractivity contribution >= 4 is 11.8 Å². The molecule has 188 valence electrons. The summed E-state index contributed by atoms with van der Waals surface area (Å²) in [5.41, 5.74) is 5.56. The van der Waals surface area contributed by atoms with Crippen LogP contribution in [0, 0.1) is 0 Å². The third-order valence-corrected chi connectivity index (χ3v) is 6.32. The second-order valence-electron chi connectivity index (χ2n) is 8.79. The number of hydrogen-bond donors (Lipinski definition) is 5. The number of carbonyl (C=O) groups is 2. The Morgan fingerprint density at radius 3 is 2.31 bits per heavy atom. The number of nitrogens with one attached hydrogen (secondary N) is 1. The van der Waals surface area contributed by atoms with Crippen LogP contribution in [0.3, 0.4) is 0 Å². The number of nitrogens with two attached hydrogens (primary N) is 1. The maximum absolute atomic E-state index is 12.2. The van der Waals surface area contributed by atoms with Crippen molar-refractivity contribution in [3.8, 4) is 0 Å². The number of hydrogen-bond acceptors (Lipinski definition) is 8. The highest BCUT2D eigenvalue weighted by molar-refractivity contribution is 5.94. The van der Waals surface area contributed by atoms with E-state index in [9.17, 15) is 24.9 Å². The Hall–Kier alpha value is -2.86. The van der Waals surface area contributed by atoms with E-state index in [1.165, 1.54) is 12.1 Å². The van der Waals surface area contributed by atoms with E-state index < -0.39 is 48.8 Å². The van der Waals surface area contributed by atoms with Gasteiger partial charge in [-0.2, -0.15) is 0 Å². The molecule has 0 radical (unpaired) electrons. The van der Waals surface area contributed by atoms with Crippen LogP contribution in [0.5, 0.6) is 0 Å². The van der Waals surface area contributed by atoms with E-state index >= 15 is 0 Å². The van der Waals surface area contributed by atoms with Crippen molar-refractivity contribution in [1.29, 1.82) is 0 Å². The van der Waals surface area contributed by atoms with Gasteiger partial charge in [0.1, 0.15) is 30.0 Å². The highest BCUT2D eigenvalue weighted by Gasteiger charge is 2.61.